The van der Waals surface area contributed by atoms with Crippen molar-refractivity contribution in [3.63, 3.8) is 0 Å². The zero-order chi connectivity index (χ0) is 11.8. The monoisotopic (exact) mass is 226 g/mol. The van der Waals surface area contributed by atoms with Gasteiger partial charge in [0.25, 0.3) is 0 Å². The van der Waals surface area contributed by atoms with E-state index in [4.69, 9.17) is 0 Å². The van der Waals surface area contributed by atoms with Crippen molar-refractivity contribution in [1.82, 2.24) is 10.2 Å². The molecule has 0 amide bonds. The van der Waals surface area contributed by atoms with Crippen molar-refractivity contribution < 1.29 is 0 Å². The maximum absolute atomic E-state index is 3.71. The average molecular weight is 226 g/mol. The van der Waals surface area contributed by atoms with Gasteiger partial charge >= 0.3 is 0 Å². The van der Waals surface area contributed by atoms with Gasteiger partial charge in [-0.15, -0.1) is 0 Å². The summed E-state index contributed by atoms with van der Waals surface area (Å²) in [5.41, 5.74) is 0. The van der Waals surface area contributed by atoms with Crippen LogP contribution in [0.15, 0.2) is 0 Å². The first-order valence-electron chi connectivity index (χ1n) is 7.14. The number of nitrogens with zero attached hydrogens (tertiary/aromatic N) is 1. The molecule has 2 atom stereocenters. The normalized spacial score (nSPS) is 24.6. The van der Waals surface area contributed by atoms with Crippen LogP contribution in [-0.4, -0.2) is 37.6 Å². The molecule has 1 saturated heterocycles. The maximum atomic E-state index is 3.71. The Morgan fingerprint density at radius 2 is 2.19 bits per heavy atom. The smallest absolute Gasteiger partial charge is 0.00388 e. The van der Waals surface area contributed by atoms with Crippen LogP contribution in [0.2, 0.25) is 0 Å². The predicted molar refractivity (Wildman–Crippen MR) is 71.8 cm³/mol. The van der Waals surface area contributed by atoms with Crippen LogP contribution in [0.3, 0.4) is 0 Å². The van der Waals surface area contributed by atoms with Crippen molar-refractivity contribution in [2.24, 2.45) is 5.92 Å². The lowest BCUT2D eigenvalue weighted by Crippen LogP contribution is -2.39. The highest BCUT2D eigenvalue weighted by Gasteiger charge is 2.17. The van der Waals surface area contributed by atoms with E-state index in [0.717, 1.165) is 5.92 Å². The van der Waals surface area contributed by atoms with Gasteiger partial charge in [-0.1, -0.05) is 26.2 Å². The van der Waals surface area contributed by atoms with Gasteiger partial charge < -0.3 is 10.2 Å². The Morgan fingerprint density at radius 3 is 2.88 bits per heavy atom. The van der Waals surface area contributed by atoms with Crippen LogP contribution in [0.5, 0.6) is 0 Å². The lowest BCUT2D eigenvalue weighted by molar-refractivity contribution is 0.202. The molecule has 1 aliphatic rings. The van der Waals surface area contributed by atoms with Crippen LogP contribution in [-0.2, 0) is 0 Å². The molecule has 0 aliphatic carbocycles. The summed E-state index contributed by atoms with van der Waals surface area (Å²) in [5.74, 6) is 0.882. The number of rotatable bonds is 7. The van der Waals surface area contributed by atoms with Gasteiger partial charge in [-0.2, -0.15) is 0 Å². The average Bonchev–Trinajstić information content (AvgIpc) is 2.27. The van der Waals surface area contributed by atoms with Gasteiger partial charge in [0.1, 0.15) is 0 Å². The molecule has 0 radical (unpaired) electrons. The number of nitrogens with one attached hydrogen (secondary N) is 1. The minimum Gasteiger partial charge on any atom is -0.314 e. The van der Waals surface area contributed by atoms with Crippen molar-refractivity contribution in [1.29, 1.82) is 0 Å². The number of likely N-dealkylation sites (tertiary alicyclic amines) is 1. The molecular weight excluding hydrogens is 196 g/mol. The van der Waals surface area contributed by atoms with Crippen LogP contribution in [0.25, 0.3) is 0 Å². The second-order valence-electron chi connectivity index (χ2n) is 5.58. The van der Waals surface area contributed by atoms with E-state index in [2.05, 4.69) is 31.1 Å². The number of piperidine rings is 1. The van der Waals surface area contributed by atoms with E-state index in [1.807, 2.05) is 0 Å². The van der Waals surface area contributed by atoms with Gasteiger partial charge in [0.2, 0.25) is 0 Å². The molecule has 1 N–H and O–H groups in total. The van der Waals surface area contributed by atoms with Crippen molar-refractivity contribution in [3.8, 4) is 0 Å². The highest BCUT2D eigenvalue weighted by molar-refractivity contribution is 4.74. The molecule has 0 aromatic heterocycles. The zero-order valence-electron chi connectivity index (χ0n) is 11.5. The van der Waals surface area contributed by atoms with Crippen LogP contribution in [0.4, 0.5) is 0 Å². The van der Waals surface area contributed by atoms with Crippen molar-refractivity contribution in [2.75, 3.05) is 26.7 Å². The summed E-state index contributed by atoms with van der Waals surface area (Å²) >= 11 is 0. The third-order valence-electron chi connectivity index (χ3n) is 3.72. The molecule has 1 heterocycles. The zero-order valence-corrected chi connectivity index (χ0v) is 11.5. The second-order valence-corrected chi connectivity index (χ2v) is 5.58. The van der Waals surface area contributed by atoms with E-state index in [9.17, 15) is 0 Å². The van der Waals surface area contributed by atoms with E-state index in [-0.39, 0.29) is 0 Å². The molecule has 1 aliphatic heterocycles. The minimum atomic E-state index is 0.707. The first-order chi connectivity index (χ1) is 7.72. The van der Waals surface area contributed by atoms with Gasteiger partial charge in [0.05, 0.1) is 0 Å². The lowest BCUT2D eigenvalue weighted by atomic mass is 9.98. The number of unbranched alkanes of at least 4 members (excludes halogenated alkanes) is 2. The van der Waals surface area contributed by atoms with E-state index >= 15 is 0 Å². The van der Waals surface area contributed by atoms with Crippen molar-refractivity contribution in [3.05, 3.63) is 0 Å². The molecule has 0 aromatic carbocycles. The van der Waals surface area contributed by atoms with Crippen LogP contribution in [0.1, 0.15) is 52.4 Å². The summed E-state index contributed by atoms with van der Waals surface area (Å²) in [5, 5.41) is 3.71. The molecule has 0 aromatic rings. The molecule has 1 fully saturated rings. The van der Waals surface area contributed by atoms with Crippen molar-refractivity contribution >= 4 is 0 Å². The quantitative estimate of drug-likeness (QED) is 0.672. The van der Waals surface area contributed by atoms with Crippen LogP contribution < -0.4 is 5.32 Å². The SMILES string of the molecule is CCCCCC(C)NCC1CCCN(C)C1. The summed E-state index contributed by atoms with van der Waals surface area (Å²) in [4.78, 5) is 2.47. The Bertz CT molecular complexity index is 170. The Kier molecular flexibility index (Phi) is 7.06. The molecule has 0 spiro atoms. The molecular formula is C14H30N2. The molecule has 16 heavy (non-hydrogen) atoms. The summed E-state index contributed by atoms with van der Waals surface area (Å²) in [6.45, 7) is 8.41. The second kappa shape index (κ2) is 8.08. The maximum Gasteiger partial charge on any atom is 0.00388 e. The third kappa shape index (κ3) is 5.86. The summed E-state index contributed by atoms with van der Waals surface area (Å²) in [6.07, 6.45) is 8.25. The molecule has 0 saturated carbocycles. The lowest BCUT2D eigenvalue weighted by Gasteiger charge is -2.30. The fourth-order valence-electron chi connectivity index (χ4n) is 2.61. The summed E-state index contributed by atoms with van der Waals surface area (Å²) in [6, 6.07) is 0.707. The number of hydrogen-bond donors (Lipinski definition) is 1. The van der Waals surface area contributed by atoms with Crippen molar-refractivity contribution in [2.45, 2.75) is 58.4 Å². The fourth-order valence-corrected chi connectivity index (χ4v) is 2.61. The standard InChI is InChI=1S/C14H30N2/c1-4-5-6-8-13(2)15-11-14-9-7-10-16(3)12-14/h13-15H,4-12H2,1-3H3. The third-order valence-corrected chi connectivity index (χ3v) is 3.72. The predicted octanol–water partition coefficient (Wildman–Crippen LogP) is 2.89. The Labute approximate surface area is 102 Å². The topological polar surface area (TPSA) is 15.3 Å². The largest absolute Gasteiger partial charge is 0.314 e. The number of hydrogen-bond acceptors (Lipinski definition) is 2. The summed E-state index contributed by atoms with van der Waals surface area (Å²) < 4.78 is 0. The Morgan fingerprint density at radius 1 is 1.38 bits per heavy atom. The molecule has 0 bridgehead atoms. The van der Waals surface area contributed by atoms with E-state index in [1.165, 1.54) is 58.2 Å². The molecule has 2 unspecified atom stereocenters. The van der Waals surface area contributed by atoms with Gasteiger partial charge in [-0.3, -0.25) is 0 Å². The van der Waals surface area contributed by atoms with Gasteiger partial charge in [-0.05, 0) is 52.2 Å². The van der Waals surface area contributed by atoms with E-state index < -0.39 is 0 Å². The van der Waals surface area contributed by atoms with Crippen LogP contribution in [0, 0.1) is 5.92 Å². The fraction of sp³-hybridized carbons (Fsp3) is 1.00. The van der Waals surface area contributed by atoms with E-state index in [1.54, 1.807) is 0 Å². The summed E-state index contributed by atoms with van der Waals surface area (Å²) in [7, 11) is 2.25. The molecule has 2 heteroatoms. The molecule has 1 rings (SSSR count). The highest BCUT2D eigenvalue weighted by Crippen LogP contribution is 2.14. The van der Waals surface area contributed by atoms with Gasteiger partial charge in [0, 0.05) is 12.6 Å². The van der Waals surface area contributed by atoms with Crippen LogP contribution >= 0.6 is 0 Å². The highest BCUT2D eigenvalue weighted by atomic mass is 15.1. The van der Waals surface area contributed by atoms with Gasteiger partial charge in [-0.25, -0.2) is 0 Å². The molecule has 96 valence electrons. The minimum absolute atomic E-state index is 0.707. The molecule has 2 nitrogen and oxygen atoms in total. The first-order valence-corrected chi connectivity index (χ1v) is 7.14. The Balaban J connectivity index is 2.04. The van der Waals surface area contributed by atoms with E-state index in [0.29, 0.717) is 6.04 Å². The Hall–Kier alpha value is -0.0800. The first kappa shape index (κ1) is 14.0. The van der Waals surface area contributed by atoms with Gasteiger partial charge in [0.15, 0.2) is 0 Å².